The molecule has 8 nitrogen and oxygen atoms in total. The molecule has 168 valence electrons. The van der Waals surface area contributed by atoms with Crippen molar-refractivity contribution in [2.45, 2.75) is 33.2 Å². The van der Waals surface area contributed by atoms with E-state index in [0.29, 0.717) is 36.8 Å². The number of likely N-dealkylation sites (tertiary alicyclic amines) is 1. The van der Waals surface area contributed by atoms with Crippen LogP contribution in [-0.4, -0.2) is 39.8 Å². The normalized spacial score (nSPS) is 17.8. The van der Waals surface area contributed by atoms with E-state index < -0.39 is 22.7 Å². The fourth-order valence-corrected chi connectivity index (χ4v) is 3.63. The number of Topliss-reactive ketones (excluding diaryl/α,β-unsaturated/α-hetero) is 1. The predicted molar refractivity (Wildman–Crippen MR) is 119 cm³/mol. The number of ether oxygens (including phenoxy) is 1. The van der Waals surface area contributed by atoms with Crippen molar-refractivity contribution in [3.63, 3.8) is 0 Å². The number of nitrogens with zero attached hydrogens (tertiary/aromatic N) is 2. The number of carbonyl (C=O) groups is 2. The van der Waals surface area contributed by atoms with Gasteiger partial charge in [0.1, 0.15) is 11.5 Å². The molecule has 0 bridgehead atoms. The van der Waals surface area contributed by atoms with Crippen molar-refractivity contribution < 1.29 is 24.4 Å². The van der Waals surface area contributed by atoms with Crippen LogP contribution in [0.5, 0.6) is 5.75 Å². The van der Waals surface area contributed by atoms with Gasteiger partial charge in [0.15, 0.2) is 0 Å². The van der Waals surface area contributed by atoms with Gasteiger partial charge in [0.05, 0.1) is 23.1 Å². The molecule has 32 heavy (non-hydrogen) atoms. The van der Waals surface area contributed by atoms with Crippen LogP contribution in [0.25, 0.3) is 5.76 Å². The van der Waals surface area contributed by atoms with Gasteiger partial charge < -0.3 is 14.7 Å². The lowest BCUT2D eigenvalue weighted by Gasteiger charge is -2.25. The number of hydrogen-bond donors (Lipinski definition) is 1. The summed E-state index contributed by atoms with van der Waals surface area (Å²) in [5.74, 6) is -0.905. The first-order valence-electron chi connectivity index (χ1n) is 10.5. The lowest BCUT2D eigenvalue weighted by Crippen LogP contribution is -2.30. The first-order valence-corrected chi connectivity index (χ1v) is 10.5. The lowest BCUT2D eigenvalue weighted by atomic mass is 9.95. The zero-order valence-corrected chi connectivity index (χ0v) is 18.3. The van der Waals surface area contributed by atoms with Gasteiger partial charge in [-0.05, 0) is 42.2 Å². The molecule has 1 unspecified atom stereocenters. The fraction of sp³-hybridized carbons (Fsp3) is 0.333. The van der Waals surface area contributed by atoms with Gasteiger partial charge >= 0.3 is 0 Å². The first kappa shape index (κ1) is 23.0. The number of hydrogen-bond acceptors (Lipinski definition) is 6. The molecule has 0 saturated carbocycles. The summed E-state index contributed by atoms with van der Waals surface area (Å²) in [4.78, 5) is 37.5. The number of aliphatic hydroxyl groups is 1. The van der Waals surface area contributed by atoms with E-state index in [1.165, 1.54) is 29.2 Å². The molecule has 1 aliphatic heterocycles. The molecule has 8 heteroatoms. The van der Waals surface area contributed by atoms with Gasteiger partial charge in [-0.15, -0.1) is 0 Å². The molecule has 0 aromatic heterocycles. The van der Waals surface area contributed by atoms with Crippen LogP contribution in [0.15, 0.2) is 54.1 Å². The predicted octanol–water partition coefficient (Wildman–Crippen LogP) is 4.46. The van der Waals surface area contributed by atoms with Gasteiger partial charge in [-0.2, -0.15) is 0 Å². The SMILES string of the molecule is CCCN1C(=O)C(=O)/C(=C(/O)c2ccc([N+](=O)[O-])cc2)C1c1cccc(OCC(C)C)c1. The Labute approximate surface area is 186 Å². The molecule has 0 spiro atoms. The van der Waals surface area contributed by atoms with Crippen molar-refractivity contribution in [3.05, 3.63) is 75.3 Å². The number of rotatable bonds is 8. The summed E-state index contributed by atoms with van der Waals surface area (Å²) < 4.78 is 5.80. The quantitative estimate of drug-likeness (QED) is 0.214. The van der Waals surface area contributed by atoms with E-state index in [1.807, 2.05) is 20.8 Å². The van der Waals surface area contributed by atoms with Gasteiger partial charge in [-0.1, -0.05) is 32.9 Å². The Bertz CT molecular complexity index is 1060. The standard InChI is InChI=1S/C24H26N2O6/c1-4-12-25-21(17-6-5-7-19(13-17)32-14-15(2)3)20(23(28)24(25)29)22(27)16-8-10-18(11-9-16)26(30)31/h5-11,13,15,21,27H,4,12,14H2,1-3H3/b22-20+. The number of benzene rings is 2. The highest BCUT2D eigenvalue weighted by atomic mass is 16.6. The number of ketones is 1. The van der Waals surface area contributed by atoms with Gasteiger partial charge in [-0.25, -0.2) is 0 Å². The van der Waals surface area contributed by atoms with Crippen LogP contribution in [0.4, 0.5) is 5.69 Å². The minimum atomic E-state index is -0.784. The van der Waals surface area contributed by atoms with Gasteiger partial charge in [0.2, 0.25) is 0 Å². The number of nitro groups is 1. The molecule has 1 N–H and O–H groups in total. The van der Waals surface area contributed by atoms with Crippen molar-refractivity contribution >= 4 is 23.1 Å². The third-order valence-electron chi connectivity index (χ3n) is 5.11. The second kappa shape index (κ2) is 9.64. The molecule has 1 atom stereocenters. The van der Waals surface area contributed by atoms with Crippen molar-refractivity contribution in [1.82, 2.24) is 4.90 Å². The second-order valence-corrected chi connectivity index (χ2v) is 8.07. The Hall–Kier alpha value is -3.68. The van der Waals surface area contributed by atoms with Crippen LogP contribution in [0.3, 0.4) is 0 Å². The van der Waals surface area contributed by atoms with Crippen LogP contribution in [0, 0.1) is 16.0 Å². The topological polar surface area (TPSA) is 110 Å². The average Bonchev–Trinajstić information content (AvgIpc) is 3.02. The van der Waals surface area contributed by atoms with Gasteiger partial charge in [0.25, 0.3) is 17.4 Å². The number of aliphatic hydroxyl groups excluding tert-OH is 1. The third kappa shape index (κ3) is 4.64. The largest absolute Gasteiger partial charge is 0.507 e. The van der Waals surface area contributed by atoms with E-state index in [-0.39, 0.29) is 22.6 Å². The molecule has 1 saturated heterocycles. The minimum Gasteiger partial charge on any atom is -0.507 e. The van der Waals surface area contributed by atoms with E-state index in [1.54, 1.807) is 24.3 Å². The molecule has 0 aliphatic carbocycles. The monoisotopic (exact) mass is 438 g/mol. The maximum atomic E-state index is 12.9. The Kier molecular flexibility index (Phi) is 6.92. The van der Waals surface area contributed by atoms with Crippen molar-refractivity contribution in [3.8, 4) is 5.75 Å². The maximum Gasteiger partial charge on any atom is 0.295 e. The molecular formula is C24H26N2O6. The van der Waals surface area contributed by atoms with E-state index in [0.717, 1.165) is 0 Å². The maximum absolute atomic E-state index is 12.9. The molecule has 1 aliphatic rings. The Morgan fingerprint density at radius 1 is 1.19 bits per heavy atom. The van der Waals surface area contributed by atoms with Crippen LogP contribution >= 0.6 is 0 Å². The van der Waals surface area contributed by atoms with E-state index in [9.17, 15) is 24.8 Å². The zero-order valence-electron chi connectivity index (χ0n) is 18.3. The highest BCUT2D eigenvalue weighted by Crippen LogP contribution is 2.40. The van der Waals surface area contributed by atoms with Crippen molar-refractivity contribution in [2.24, 2.45) is 5.92 Å². The molecule has 1 fully saturated rings. The molecule has 2 aromatic carbocycles. The van der Waals surface area contributed by atoms with Gasteiger partial charge in [-0.3, -0.25) is 19.7 Å². The summed E-state index contributed by atoms with van der Waals surface area (Å²) in [6, 6.07) is 11.6. The highest BCUT2D eigenvalue weighted by Gasteiger charge is 2.45. The van der Waals surface area contributed by atoms with Crippen LogP contribution in [0.2, 0.25) is 0 Å². The van der Waals surface area contributed by atoms with E-state index >= 15 is 0 Å². The lowest BCUT2D eigenvalue weighted by molar-refractivity contribution is -0.384. The molecule has 2 aromatic rings. The zero-order chi connectivity index (χ0) is 23.4. The summed E-state index contributed by atoms with van der Waals surface area (Å²) in [6.45, 7) is 6.81. The highest BCUT2D eigenvalue weighted by molar-refractivity contribution is 6.46. The van der Waals surface area contributed by atoms with E-state index in [2.05, 4.69) is 0 Å². The number of non-ortho nitro benzene ring substituents is 1. The Morgan fingerprint density at radius 2 is 1.88 bits per heavy atom. The average molecular weight is 438 g/mol. The second-order valence-electron chi connectivity index (χ2n) is 8.07. The Morgan fingerprint density at radius 3 is 2.47 bits per heavy atom. The minimum absolute atomic E-state index is 0.0432. The van der Waals surface area contributed by atoms with Crippen molar-refractivity contribution in [1.29, 1.82) is 0 Å². The summed E-state index contributed by atoms with van der Waals surface area (Å²) in [5, 5.41) is 21.9. The first-order chi connectivity index (χ1) is 15.2. The molecule has 3 rings (SSSR count). The summed E-state index contributed by atoms with van der Waals surface area (Å²) >= 11 is 0. The summed E-state index contributed by atoms with van der Waals surface area (Å²) in [6.07, 6.45) is 0.630. The van der Waals surface area contributed by atoms with E-state index in [4.69, 9.17) is 4.74 Å². The van der Waals surface area contributed by atoms with Crippen LogP contribution < -0.4 is 4.74 Å². The smallest absolute Gasteiger partial charge is 0.295 e. The third-order valence-corrected chi connectivity index (χ3v) is 5.11. The molecule has 0 radical (unpaired) electrons. The number of amides is 1. The van der Waals surface area contributed by atoms with Crippen molar-refractivity contribution in [2.75, 3.05) is 13.2 Å². The molecular weight excluding hydrogens is 412 g/mol. The Balaban J connectivity index is 2.09. The van der Waals surface area contributed by atoms with Crippen LogP contribution in [0.1, 0.15) is 44.4 Å². The number of nitro benzene ring substituents is 1. The molecule has 1 heterocycles. The van der Waals surface area contributed by atoms with Gasteiger partial charge in [0, 0.05) is 24.2 Å². The van der Waals surface area contributed by atoms with Crippen LogP contribution in [-0.2, 0) is 9.59 Å². The summed E-state index contributed by atoms with van der Waals surface area (Å²) in [5.41, 5.74) is 0.683. The molecule has 1 amide bonds. The fourth-order valence-electron chi connectivity index (χ4n) is 3.63. The summed E-state index contributed by atoms with van der Waals surface area (Å²) in [7, 11) is 0. The number of carbonyl (C=O) groups excluding carboxylic acids is 2.